The molecular formula is C13H22N2O4. The van der Waals surface area contributed by atoms with E-state index in [0.717, 1.165) is 12.8 Å². The van der Waals surface area contributed by atoms with Crippen LogP contribution in [-0.4, -0.2) is 35.0 Å². The molecule has 1 heterocycles. The van der Waals surface area contributed by atoms with E-state index in [9.17, 15) is 14.4 Å². The molecule has 1 aliphatic heterocycles. The van der Waals surface area contributed by atoms with E-state index in [1.54, 1.807) is 6.92 Å². The molecule has 1 rings (SSSR count). The Morgan fingerprint density at radius 3 is 2.63 bits per heavy atom. The Labute approximate surface area is 112 Å². The fourth-order valence-electron chi connectivity index (χ4n) is 2.08. The van der Waals surface area contributed by atoms with Gasteiger partial charge in [-0.15, -0.1) is 0 Å². The van der Waals surface area contributed by atoms with Gasteiger partial charge >= 0.3 is 5.97 Å². The first-order chi connectivity index (χ1) is 8.90. The van der Waals surface area contributed by atoms with E-state index >= 15 is 0 Å². The van der Waals surface area contributed by atoms with Gasteiger partial charge < -0.3 is 15.7 Å². The zero-order chi connectivity index (χ0) is 14.4. The predicted molar refractivity (Wildman–Crippen MR) is 69.4 cm³/mol. The normalized spacial score (nSPS) is 21.6. The second-order valence-electron chi connectivity index (χ2n) is 5.24. The van der Waals surface area contributed by atoms with E-state index in [4.69, 9.17) is 5.11 Å². The van der Waals surface area contributed by atoms with Gasteiger partial charge in [-0.05, 0) is 26.2 Å². The molecule has 1 fully saturated rings. The molecule has 0 aromatic carbocycles. The van der Waals surface area contributed by atoms with E-state index in [-0.39, 0.29) is 23.8 Å². The van der Waals surface area contributed by atoms with Gasteiger partial charge in [-0.25, -0.2) is 0 Å². The molecular weight excluding hydrogens is 248 g/mol. The molecule has 0 bridgehead atoms. The first kappa shape index (κ1) is 15.5. The minimum Gasteiger partial charge on any atom is -0.481 e. The van der Waals surface area contributed by atoms with Crippen LogP contribution in [0.1, 0.15) is 46.0 Å². The zero-order valence-electron chi connectivity index (χ0n) is 11.4. The topological polar surface area (TPSA) is 95.5 Å². The Bertz CT molecular complexity index is 357. The summed E-state index contributed by atoms with van der Waals surface area (Å²) >= 11 is 0. The smallest absolute Gasteiger partial charge is 0.306 e. The Morgan fingerprint density at radius 1 is 1.42 bits per heavy atom. The second kappa shape index (κ2) is 7.11. The molecule has 2 amide bonds. The van der Waals surface area contributed by atoms with Gasteiger partial charge in [-0.1, -0.05) is 13.3 Å². The fourth-order valence-corrected chi connectivity index (χ4v) is 2.08. The minimum atomic E-state index is -0.787. The van der Waals surface area contributed by atoms with Crippen molar-refractivity contribution >= 4 is 17.8 Å². The Kier molecular flexibility index (Phi) is 5.79. The van der Waals surface area contributed by atoms with E-state index in [0.29, 0.717) is 19.3 Å². The first-order valence-corrected chi connectivity index (χ1v) is 6.72. The van der Waals surface area contributed by atoms with Crippen LogP contribution in [0, 0.1) is 5.92 Å². The number of carboxylic acid groups (broad SMARTS) is 1. The highest BCUT2D eigenvalue weighted by atomic mass is 16.4. The van der Waals surface area contributed by atoms with Crippen molar-refractivity contribution < 1.29 is 19.5 Å². The van der Waals surface area contributed by atoms with Crippen LogP contribution in [0.25, 0.3) is 0 Å². The summed E-state index contributed by atoms with van der Waals surface area (Å²) in [6.45, 7) is 3.57. The molecule has 19 heavy (non-hydrogen) atoms. The summed E-state index contributed by atoms with van der Waals surface area (Å²) in [5.41, 5.74) is 0. The number of aliphatic carboxylic acids is 1. The molecule has 3 N–H and O–H groups in total. The van der Waals surface area contributed by atoms with Gasteiger partial charge in [-0.3, -0.25) is 14.4 Å². The van der Waals surface area contributed by atoms with Crippen LogP contribution in [0.3, 0.4) is 0 Å². The lowest BCUT2D eigenvalue weighted by Crippen LogP contribution is -2.45. The summed E-state index contributed by atoms with van der Waals surface area (Å²) in [6.07, 6.45) is 3.06. The molecule has 0 spiro atoms. The molecule has 1 aliphatic rings. The molecule has 0 aromatic heterocycles. The fraction of sp³-hybridized carbons (Fsp3) is 0.769. The highest BCUT2D eigenvalue weighted by Crippen LogP contribution is 2.11. The number of hydrogen-bond donors (Lipinski definition) is 3. The quantitative estimate of drug-likeness (QED) is 0.633. The average molecular weight is 270 g/mol. The lowest BCUT2D eigenvalue weighted by atomic mass is 10.0. The lowest BCUT2D eigenvalue weighted by Gasteiger charge is -2.17. The van der Waals surface area contributed by atoms with Crippen LogP contribution in [0.15, 0.2) is 0 Å². The largest absolute Gasteiger partial charge is 0.481 e. The second-order valence-corrected chi connectivity index (χ2v) is 5.24. The van der Waals surface area contributed by atoms with Crippen molar-refractivity contribution in [2.45, 2.75) is 58.0 Å². The van der Waals surface area contributed by atoms with Gasteiger partial charge in [0.2, 0.25) is 11.8 Å². The van der Waals surface area contributed by atoms with Gasteiger partial charge in [0.25, 0.3) is 0 Å². The van der Waals surface area contributed by atoms with Crippen molar-refractivity contribution in [1.82, 2.24) is 10.6 Å². The highest BCUT2D eigenvalue weighted by molar-refractivity contribution is 5.90. The summed E-state index contributed by atoms with van der Waals surface area (Å²) in [5, 5.41) is 14.2. The summed E-state index contributed by atoms with van der Waals surface area (Å²) in [5.74, 6) is -1.37. The summed E-state index contributed by atoms with van der Waals surface area (Å²) < 4.78 is 0. The maximum absolute atomic E-state index is 11.8. The average Bonchev–Trinajstić information content (AvgIpc) is 2.75. The zero-order valence-corrected chi connectivity index (χ0v) is 11.4. The first-order valence-electron chi connectivity index (χ1n) is 6.72. The predicted octanol–water partition coefficient (Wildman–Crippen LogP) is 0.661. The third-order valence-electron chi connectivity index (χ3n) is 3.40. The van der Waals surface area contributed by atoms with Crippen LogP contribution in [0.4, 0.5) is 0 Å². The van der Waals surface area contributed by atoms with Crippen LogP contribution in [0.5, 0.6) is 0 Å². The molecule has 108 valence electrons. The summed E-state index contributed by atoms with van der Waals surface area (Å²) in [7, 11) is 0. The van der Waals surface area contributed by atoms with Crippen LogP contribution in [0.2, 0.25) is 0 Å². The molecule has 2 unspecified atom stereocenters. The van der Waals surface area contributed by atoms with Gasteiger partial charge in [-0.2, -0.15) is 0 Å². The van der Waals surface area contributed by atoms with Crippen molar-refractivity contribution in [1.29, 1.82) is 0 Å². The number of hydrogen-bond acceptors (Lipinski definition) is 3. The van der Waals surface area contributed by atoms with E-state index in [2.05, 4.69) is 10.6 Å². The van der Waals surface area contributed by atoms with Crippen LogP contribution in [-0.2, 0) is 14.4 Å². The van der Waals surface area contributed by atoms with Crippen molar-refractivity contribution in [2.24, 2.45) is 5.92 Å². The molecule has 6 heteroatoms. The van der Waals surface area contributed by atoms with Gasteiger partial charge in [0.15, 0.2) is 0 Å². The number of nitrogens with one attached hydrogen (secondary N) is 2. The molecule has 0 saturated carbocycles. The molecule has 0 aliphatic carbocycles. The van der Waals surface area contributed by atoms with Crippen molar-refractivity contribution in [3.8, 4) is 0 Å². The third kappa shape index (κ3) is 5.28. The van der Waals surface area contributed by atoms with Crippen molar-refractivity contribution in [3.05, 3.63) is 0 Å². The standard InChI is InChI=1S/C13H22N2O4/c1-8(13(18)19)4-3-5-9(2)14-12(17)10-6-7-11(16)15-10/h8-10H,3-7H2,1-2H3,(H,14,17)(H,15,16)(H,18,19)/t8?,9?,10-/m0/s1. The molecule has 1 saturated heterocycles. The lowest BCUT2D eigenvalue weighted by molar-refractivity contribution is -0.141. The number of amides is 2. The summed E-state index contributed by atoms with van der Waals surface area (Å²) in [6, 6.07) is -0.418. The molecule has 3 atom stereocenters. The maximum Gasteiger partial charge on any atom is 0.306 e. The number of carbonyl (C=O) groups is 3. The van der Waals surface area contributed by atoms with Gasteiger partial charge in [0.1, 0.15) is 6.04 Å². The molecule has 6 nitrogen and oxygen atoms in total. The van der Waals surface area contributed by atoms with Crippen LogP contribution >= 0.6 is 0 Å². The number of carbonyl (C=O) groups excluding carboxylic acids is 2. The maximum atomic E-state index is 11.8. The van der Waals surface area contributed by atoms with E-state index in [1.807, 2.05) is 6.92 Å². The Morgan fingerprint density at radius 2 is 2.11 bits per heavy atom. The van der Waals surface area contributed by atoms with E-state index < -0.39 is 12.0 Å². The molecule has 0 radical (unpaired) electrons. The number of carboxylic acids is 1. The van der Waals surface area contributed by atoms with Crippen LogP contribution < -0.4 is 10.6 Å². The van der Waals surface area contributed by atoms with Crippen molar-refractivity contribution in [3.63, 3.8) is 0 Å². The van der Waals surface area contributed by atoms with E-state index in [1.165, 1.54) is 0 Å². The SMILES string of the molecule is CC(CCCC(C)C(=O)O)NC(=O)[C@@H]1CCC(=O)N1. The minimum absolute atomic E-state index is 0.00834. The highest BCUT2D eigenvalue weighted by Gasteiger charge is 2.27. The monoisotopic (exact) mass is 270 g/mol. The van der Waals surface area contributed by atoms with Crippen molar-refractivity contribution in [2.75, 3.05) is 0 Å². The van der Waals surface area contributed by atoms with Gasteiger partial charge in [0, 0.05) is 12.5 Å². The number of rotatable bonds is 7. The Balaban J connectivity index is 2.20. The Hall–Kier alpha value is -1.59. The molecule has 0 aromatic rings. The summed E-state index contributed by atoms with van der Waals surface area (Å²) in [4.78, 5) is 33.4. The van der Waals surface area contributed by atoms with Gasteiger partial charge in [0.05, 0.1) is 5.92 Å². The third-order valence-corrected chi connectivity index (χ3v) is 3.40.